The van der Waals surface area contributed by atoms with Crippen molar-refractivity contribution in [1.29, 1.82) is 0 Å². The van der Waals surface area contributed by atoms with Crippen LogP contribution >= 0.6 is 0 Å². The van der Waals surface area contributed by atoms with Gasteiger partial charge >= 0.3 is 0 Å². The second-order valence-corrected chi connectivity index (χ2v) is 5.00. The van der Waals surface area contributed by atoms with Crippen molar-refractivity contribution in [3.05, 3.63) is 52.8 Å². The second kappa shape index (κ2) is 6.06. The lowest BCUT2D eigenvalue weighted by Gasteiger charge is -2.13. The second-order valence-electron chi connectivity index (χ2n) is 5.00. The maximum atomic E-state index is 14.3. The zero-order chi connectivity index (χ0) is 14.7. The Morgan fingerprint density at radius 3 is 2.50 bits per heavy atom. The van der Waals surface area contributed by atoms with Gasteiger partial charge in [0.25, 0.3) is 0 Å². The van der Waals surface area contributed by atoms with Crippen LogP contribution < -0.4 is 10.1 Å². The third kappa shape index (κ3) is 2.83. The Balaban J connectivity index is 2.56. The van der Waals surface area contributed by atoms with Crippen molar-refractivity contribution < 1.29 is 9.13 Å². The Kier molecular flexibility index (Phi) is 4.40. The summed E-state index contributed by atoms with van der Waals surface area (Å²) in [7, 11) is 3.52. The van der Waals surface area contributed by atoms with Crippen LogP contribution in [0.4, 0.5) is 4.39 Å². The van der Waals surface area contributed by atoms with Crippen molar-refractivity contribution >= 4 is 0 Å². The summed E-state index contributed by atoms with van der Waals surface area (Å²) < 4.78 is 19.6. The quantitative estimate of drug-likeness (QED) is 0.914. The lowest BCUT2D eigenvalue weighted by molar-refractivity contribution is 0.408. The molecule has 0 amide bonds. The molecule has 0 saturated heterocycles. The third-order valence-corrected chi connectivity index (χ3v) is 3.37. The van der Waals surface area contributed by atoms with E-state index < -0.39 is 0 Å². The minimum atomic E-state index is -0.178. The molecule has 2 aromatic rings. The number of ether oxygens (including phenoxy) is 1. The smallest absolute Gasteiger partial charge is 0.131 e. The van der Waals surface area contributed by atoms with Crippen LogP contribution in [0.15, 0.2) is 30.3 Å². The van der Waals surface area contributed by atoms with E-state index in [0.29, 0.717) is 12.1 Å². The third-order valence-electron chi connectivity index (χ3n) is 3.37. The van der Waals surface area contributed by atoms with Crippen LogP contribution in [0, 0.1) is 19.7 Å². The molecule has 0 aliphatic carbocycles. The molecule has 0 aliphatic rings. The lowest BCUT2D eigenvalue weighted by Crippen LogP contribution is -2.07. The van der Waals surface area contributed by atoms with Crippen molar-refractivity contribution in [2.24, 2.45) is 0 Å². The molecule has 0 spiro atoms. The first-order valence-corrected chi connectivity index (χ1v) is 6.65. The van der Waals surface area contributed by atoms with Crippen LogP contribution in [0.1, 0.15) is 16.7 Å². The van der Waals surface area contributed by atoms with Gasteiger partial charge in [-0.25, -0.2) is 4.39 Å². The summed E-state index contributed by atoms with van der Waals surface area (Å²) >= 11 is 0. The molecule has 0 fully saturated rings. The van der Waals surface area contributed by atoms with E-state index in [1.165, 1.54) is 0 Å². The summed E-state index contributed by atoms with van der Waals surface area (Å²) in [5.74, 6) is 0.636. The van der Waals surface area contributed by atoms with E-state index in [-0.39, 0.29) is 5.82 Å². The van der Waals surface area contributed by atoms with Crippen LogP contribution in [-0.4, -0.2) is 14.2 Å². The van der Waals surface area contributed by atoms with E-state index >= 15 is 0 Å². The van der Waals surface area contributed by atoms with Gasteiger partial charge in [-0.15, -0.1) is 0 Å². The molecule has 0 bridgehead atoms. The highest BCUT2D eigenvalue weighted by atomic mass is 19.1. The van der Waals surface area contributed by atoms with Crippen LogP contribution in [0.2, 0.25) is 0 Å². The van der Waals surface area contributed by atoms with Crippen molar-refractivity contribution in [2.45, 2.75) is 20.4 Å². The minimum absolute atomic E-state index is 0.178. The number of nitrogens with one attached hydrogen (secondary N) is 1. The monoisotopic (exact) mass is 273 g/mol. The summed E-state index contributed by atoms with van der Waals surface area (Å²) in [6.07, 6.45) is 0. The summed E-state index contributed by atoms with van der Waals surface area (Å²) in [6.45, 7) is 4.53. The summed E-state index contributed by atoms with van der Waals surface area (Å²) in [6, 6.07) is 9.35. The van der Waals surface area contributed by atoms with Crippen molar-refractivity contribution in [3.8, 4) is 16.9 Å². The average molecular weight is 273 g/mol. The molecule has 2 rings (SSSR count). The molecular formula is C17H20FNO. The molecule has 0 aromatic heterocycles. The first-order valence-electron chi connectivity index (χ1n) is 6.65. The fraction of sp³-hybridized carbons (Fsp3) is 0.294. The fourth-order valence-electron chi connectivity index (χ4n) is 2.54. The van der Waals surface area contributed by atoms with E-state index in [4.69, 9.17) is 4.74 Å². The highest BCUT2D eigenvalue weighted by Gasteiger charge is 2.12. The molecule has 1 N–H and O–H groups in total. The van der Waals surface area contributed by atoms with Gasteiger partial charge in [0.2, 0.25) is 0 Å². The van der Waals surface area contributed by atoms with Crippen LogP contribution in [-0.2, 0) is 6.54 Å². The predicted octanol–water partition coefficient (Wildman–Crippen LogP) is 3.84. The van der Waals surface area contributed by atoms with Gasteiger partial charge in [0.05, 0.1) is 7.11 Å². The Hall–Kier alpha value is -1.87. The van der Waals surface area contributed by atoms with Gasteiger partial charge < -0.3 is 10.1 Å². The van der Waals surface area contributed by atoms with E-state index in [9.17, 15) is 4.39 Å². The van der Waals surface area contributed by atoms with Gasteiger partial charge in [0, 0.05) is 17.7 Å². The average Bonchev–Trinajstić information content (AvgIpc) is 2.38. The maximum Gasteiger partial charge on any atom is 0.131 e. The molecule has 0 atom stereocenters. The molecule has 0 unspecified atom stereocenters. The SMILES string of the molecule is CNCc1cc(-c2c(C)cc(C)cc2F)ccc1OC. The molecule has 0 saturated carbocycles. The van der Waals surface area contributed by atoms with Crippen LogP contribution in [0.5, 0.6) is 5.75 Å². The minimum Gasteiger partial charge on any atom is -0.496 e. The van der Waals surface area contributed by atoms with Gasteiger partial charge in [-0.3, -0.25) is 0 Å². The highest BCUT2D eigenvalue weighted by Crippen LogP contribution is 2.31. The number of hydrogen-bond acceptors (Lipinski definition) is 2. The maximum absolute atomic E-state index is 14.3. The molecule has 20 heavy (non-hydrogen) atoms. The summed E-state index contributed by atoms with van der Waals surface area (Å²) in [4.78, 5) is 0. The number of benzene rings is 2. The first kappa shape index (κ1) is 14.5. The van der Waals surface area contributed by atoms with Crippen molar-refractivity contribution in [1.82, 2.24) is 5.32 Å². The Morgan fingerprint density at radius 1 is 1.15 bits per heavy atom. The van der Waals surface area contributed by atoms with Gasteiger partial charge in [-0.05, 0) is 55.8 Å². The zero-order valence-electron chi connectivity index (χ0n) is 12.4. The van der Waals surface area contributed by atoms with Gasteiger partial charge in [-0.2, -0.15) is 0 Å². The molecule has 0 radical (unpaired) electrons. The molecule has 0 heterocycles. The number of halogens is 1. The molecule has 3 heteroatoms. The molecule has 106 valence electrons. The lowest BCUT2D eigenvalue weighted by atomic mass is 9.96. The standard InChI is InChI=1S/C17H20FNO/c1-11-7-12(2)17(15(18)8-11)13-5-6-16(20-4)14(9-13)10-19-3/h5-9,19H,10H2,1-4H3. The number of hydrogen-bond donors (Lipinski definition) is 1. The van der Waals surface area contributed by atoms with Gasteiger partial charge in [-0.1, -0.05) is 12.1 Å². The molecule has 0 aliphatic heterocycles. The van der Waals surface area contributed by atoms with E-state index in [2.05, 4.69) is 5.32 Å². The number of rotatable bonds is 4. The molecule has 2 nitrogen and oxygen atoms in total. The topological polar surface area (TPSA) is 21.3 Å². The highest BCUT2D eigenvalue weighted by molar-refractivity contribution is 5.70. The fourth-order valence-corrected chi connectivity index (χ4v) is 2.54. The predicted molar refractivity (Wildman–Crippen MR) is 80.6 cm³/mol. The Morgan fingerprint density at radius 2 is 1.90 bits per heavy atom. The van der Waals surface area contributed by atoms with Crippen molar-refractivity contribution in [2.75, 3.05) is 14.2 Å². The number of methoxy groups -OCH3 is 1. The summed E-state index contributed by atoms with van der Waals surface area (Å²) in [5, 5.41) is 3.10. The largest absolute Gasteiger partial charge is 0.496 e. The Labute approximate surface area is 119 Å². The van der Waals surface area contributed by atoms with Crippen LogP contribution in [0.3, 0.4) is 0 Å². The van der Waals surface area contributed by atoms with E-state index in [1.807, 2.05) is 45.2 Å². The van der Waals surface area contributed by atoms with Crippen LogP contribution in [0.25, 0.3) is 11.1 Å². The zero-order valence-corrected chi connectivity index (χ0v) is 12.4. The molecule has 2 aromatic carbocycles. The summed E-state index contributed by atoms with van der Waals surface area (Å²) in [5.41, 5.74) is 4.45. The van der Waals surface area contributed by atoms with E-state index in [1.54, 1.807) is 13.2 Å². The normalized spacial score (nSPS) is 10.7. The molecular weight excluding hydrogens is 253 g/mol. The first-order chi connectivity index (χ1) is 9.56. The van der Waals surface area contributed by atoms with Crippen molar-refractivity contribution in [3.63, 3.8) is 0 Å². The van der Waals surface area contributed by atoms with Gasteiger partial charge in [0.1, 0.15) is 11.6 Å². The Bertz CT molecular complexity index is 599. The van der Waals surface area contributed by atoms with E-state index in [0.717, 1.165) is 28.0 Å². The number of aryl methyl sites for hydroxylation is 2. The van der Waals surface area contributed by atoms with Gasteiger partial charge in [0.15, 0.2) is 0 Å².